The van der Waals surface area contributed by atoms with E-state index in [1.807, 2.05) is 20.8 Å². The number of carbonyl (C=O) groups is 1. The molecule has 0 fully saturated rings. The van der Waals surface area contributed by atoms with Gasteiger partial charge in [0, 0.05) is 12.6 Å². The van der Waals surface area contributed by atoms with Gasteiger partial charge in [-0.1, -0.05) is 20.8 Å². The summed E-state index contributed by atoms with van der Waals surface area (Å²) in [4.78, 5) is 11.5. The average molecular weight is 230 g/mol. The fourth-order valence-electron chi connectivity index (χ4n) is 1.41. The fraction of sp³-hybridized carbons (Fsp3) is 0.917. The quantitative estimate of drug-likeness (QED) is 0.781. The van der Waals surface area contributed by atoms with Crippen LogP contribution in [-0.2, 0) is 4.74 Å². The van der Waals surface area contributed by atoms with Crippen LogP contribution >= 0.6 is 0 Å². The first kappa shape index (κ1) is 15.2. The van der Waals surface area contributed by atoms with Crippen LogP contribution in [0.25, 0.3) is 0 Å². The van der Waals surface area contributed by atoms with Crippen molar-refractivity contribution < 1.29 is 9.53 Å². The highest BCUT2D eigenvalue weighted by Gasteiger charge is 2.22. The summed E-state index contributed by atoms with van der Waals surface area (Å²) >= 11 is 0. The number of ether oxygens (including phenoxy) is 1. The lowest BCUT2D eigenvalue weighted by atomic mass is 9.88. The van der Waals surface area contributed by atoms with Gasteiger partial charge in [0.15, 0.2) is 0 Å². The molecule has 0 aromatic carbocycles. The van der Waals surface area contributed by atoms with Crippen molar-refractivity contribution >= 4 is 6.09 Å². The molecule has 0 aliphatic heterocycles. The molecule has 0 heterocycles. The lowest BCUT2D eigenvalue weighted by Gasteiger charge is -2.27. The van der Waals surface area contributed by atoms with E-state index < -0.39 is 11.7 Å². The van der Waals surface area contributed by atoms with Crippen LogP contribution < -0.4 is 11.1 Å². The second-order valence-corrected chi connectivity index (χ2v) is 6.34. The van der Waals surface area contributed by atoms with Crippen molar-refractivity contribution in [3.63, 3.8) is 0 Å². The molecule has 1 atom stereocenters. The molecule has 0 aliphatic carbocycles. The van der Waals surface area contributed by atoms with Crippen molar-refractivity contribution in [1.29, 1.82) is 0 Å². The van der Waals surface area contributed by atoms with Crippen LogP contribution in [0.3, 0.4) is 0 Å². The minimum absolute atomic E-state index is 0.0325. The third-order valence-corrected chi connectivity index (χ3v) is 1.86. The van der Waals surface area contributed by atoms with E-state index in [1.165, 1.54) is 0 Å². The van der Waals surface area contributed by atoms with E-state index in [9.17, 15) is 4.79 Å². The van der Waals surface area contributed by atoms with Crippen molar-refractivity contribution in [2.45, 2.75) is 59.6 Å². The summed E-state index contributed by atoms with van der Waals surface area (Å²) in [5.74, 6) is 0. The first-order valence-electron chi connectivity index (χ1n) is 5.73. The summed E-state index contributed by atoms with van der Waals surface area (Å²) in [7, 11) is 0. The summed E-state index contributed by atoms with van der Waals surface area (Å²) in [6.07, 6.45) is 0.440. The molecule has 0 spiro atoms. The maximum Gasteiger partial charge on any atom is 0.407 e. The molecule has 1 unspecified atom stereocenters. The lowest BCUT2D eigenvalue weighted by Crippen LogP contribution is -2.44. The maximum atomic E-state index is 11.5. The van der Waals surface area contributed by atoms with Crippen LogP contribution in [-0.4, -0.2) is 24.3 Å². The molecular weight excluding hydrogens is 204 g/mol. The summed E-state index contributed by atoms with van der Waals surface area (Å²) in [5.41, 5.74) is 5.29. The van der Waals surface area contributed by atoms with Gasteiger partial charge in [-0.05, 0) is 32.6 Å². The topological polar surface area (TPSA) is 64.3 Å². The van der Waals surface area contributed by atoms with E-state index in [4.69, 9.17) is 10.5 Å². The van der Waals surface area contributed by atoms with Crippen molar-refractivity contribution in [1.82, 2.24) is 5.32 Å². The molecule has 0 bridgehead atoms. The minimum Gasteiger partial charge on any atom is -0.444 e. The van der Waals surface area contributed by atoms with Crippen LogP contribution in [0.2, 0.25) is 0 Å². The first-order chi connectivity index (χ1) is 7.03. The standard InChI is InChI=1S/C12H26N2O2/c1-11(2,3)7-9(8-13)14-10(15)16-12(4,5)6/h9H,7-8,13H2,1-6H3,(H,14,15). The molecule has 0 saturated carbocycles. The Hall–Kier alpha value is -0.770. The number of amides is 1. The molecule has 0 saturated heterocycles. The minimum atomic E-state index is -0.467. The Morgan fingerprint density at radius 1 is 1.25 bits per heavy atom. The Labute approximate surface area is 98.9 Å². The molecule has 16 heavy (non-hydrogen) atoms. The summed E-state index contributed by atoms with van der Waals surface area (Å²) in [5, 5.41) is 2.79. The van der Waals surface area contributed by atoms with Gasteiger partial charge in [-0.3, -0.25) is 0 Å². The number of nitrogens with one attached hydrogen (secondary N) is 1. The Balaban J connectivity index is 4.18. The molecule has 3 N–H and O–H groups in total. The molecule has 0 aromatic heterocycles. The third-order valence-electron chi connectivity index (χ3n) is 1.86. The number of hydrogen-bond acceptors (Lipinski definition) is 3. The van der Waals surface area contributed by atoms with E-state index in [2.05, 4.69) is 26.1 Å². The van der Waals surface area contributed by atoms with Gasteiger partial charge in [-0.25, -0.2) is 4.79 Å². The smallest absolute Gasteiger partial charge is 0.407 e. The molecule has 0 rings (SSSR count). The normalized spacial score (nSPS) is 14.4. The van der Waals surface area contributed by atoms with E-state index in [-0.39, 0.29) is 11.5 Å². The highest BCUT2D eigenvalue weighted by Crippen LogP contribution is 2.20. The molecule has 4 heteroatoms. The number of rotatable bonds is 3. The highest BCUT2D eigenvalue weighted by molar-refractivity contribution is 5.68. The largest absolute Gasteiger partial charge is 0.444 e. The van der Waals surface area contributed by atoms with Crippen molar-refractivity contribution in [2.24, 2.45) is 11.1 Å². The Morgan fingerprint density at radius 3 is 2.06 bits per heavy atom. The van der Waals surface area contributed by atoms with E-state index in [0.29, 0.717) is 6.54 Å². The monoisotopic (exact) mass is 230 g/mol. The van der Waals surface area contributed by atoms with E-state index in [0.717, 1.165) is 6.42 Å². The molecule has 0 radical (unpaired) electrons. The van der Waals surface area contributed by atoms with Gasteiger partial charge >= 0.3 is 6.09 Å². The van der Waals surface area contributed by atoms with Crippen LogP contribution in [0.15, 0.2) is 0 Å². The second kappa shape index (κ2) is 5.53. The van der Waals surface area contributed by atoms with Crippen LogP contribution in [0, 0.1) is 5.41 Å². The van der Waals surface area contributed by atoms with Crippen LogP contribution in [0.4, 0.5) is 4.79 Å². The Bertz CT molecular complexity index is 226. The second-order valence-electron chi connectivity index (χ2n) is 6.34. The number of hydrogen-bond donors (Lipinski definition) is 2. The van der Waals surface area contributed by atoms with Crippen LogP contribution in [0.5, 0.6) is 0 Å². The lowest BCUT2D eigenvalue weighted by molar-refractivity contribution is 0.0495. The molecule has 1 amide bonds. The SMILES string of the molecule is CC(C)(C)CC(CN)NC(=O)OC(C)(C)C. The summed E-state index contributed by atoms with van der Waals surface area (Å²) in [6, 6.07) is -0.0325. The summed E-state index contributed by atoms with van der Waals surface area (Å²) in [6.45, 7) is 12.3. The fourth-order valence-corrected chi connectivity index (χ4v) is 1.41. The third kappa shape index (κ3) is 8.53. The van der Waals surface area contributed by atoms with E-state index in [1.54, 1.807) is 0 Å². The zero-order chi connectivity index (χ0) is 13.0. The zero-order valence-corrected chi connectivity index (χ0v) is 11.4. The Kier molecular flexibility index (Phi) is 5.26. The first-order valence-corrected chi connectivity index (χ1v) is 5.73. The van der Waals surface area contributed by atoms with Crippen molar-refractivity contribution in [3.05, 3.63) is 0 Å². The predicted octanol–water partition coefficient (Wildman–Crippen LogP) is 2.27. The average Bonchev–Trinajstić information content (AvgIpc) is 1.96. The van der Waals surface area contributed by atoms with Gasteiger partial charge in [0.25, 0.3) is 0 Å². The van der Waals surface area contributed by atoms with Crippen LogP contribution in [0.1, 0.15) is 48.0 Å². The highest BCUT2D eigenvalue weighted by atomic mass is 16.6. The Morgan fingerprint density at radius 2 is 1.75 bits per heavy atom. The van der Waals surface area contributed by atoms with Crippen molar-refractivity contribution in [3.8, 4) is 0 Å². The predicted molar refractivity (Wildman–Crippen MR) is 66.3 cm³/mol. The summed E-state index contributed by atoms with van der Waals surface area (Å²) < 4.78 is 5.18. The molecule has 0 aliphatic rings. The number of alkyl carbamates (subject to hydrolysis) is 1. The molecule has 0 aromatic rings. The van der Waals surface area contributed by atoms with Gasteiger partial charge < -0.3 is 15.8 Å². The van der Waals surface area contributed by atoms with Gasteiger partial charge in [-0.15, -0.1) is 0 Å². The molecular formula is C12H26N2O2. The van der Waals surface area contributed by atoms with Gasteiger partial charge in [0.2, 0.25) is 0 Å². The van der Waals surface area contributed by atoms with Crippen molar-refractivity contribution in [2.75, 3.05) is 6.54 Å². The molecule has 4 nitrogen and oxygen atoms in total. The van der Waals surface area contributed by atoms with Gasteiger partial charge in [0.1, 0.15) is 5.60 Å². The molecule has 96 valence electrons. The zero-order valence-electron chi connectivity index (χ0n) is 11.4. The van der Waals surface area contributed by atoms with E-state index >= 15 is 0 Å². The van der Waals surface area contributed by atoms with Gasteiger partial charge in [0.05, 0.1) is 0 Å². The van der Waals surface area contributed by atoms with Gasteiger partial charge in [-0.2, -0.15) is 0 Å². The maximum absolute atomic E-state index is 11.5. The number of carbonyl (C=O) groups excluding carboxylic acids is 1. The number of nitrogens with two attached hydrogens (primary N) is 1.